The Morgan fingerprint density at radius 2 is 1.59 bits per heavy atom. The number of aryl methyl sites for hydroxylation is 1. The summed E-state index contributed by atoms with van der Waals surface area (Å²) in [6.07, 6.45) is 4.74. The van der Waals surface area contributed by atoms with E-state index in [9.17, 15) is 14.3 Å². The van der Waals surface area contributed by atoms with Gasteiger partial charge in [-0.15, -0.1) is 0 Å². The van der Waals surface area contributed by atoms with Gasteiger partial charge in [0, 0.05) is 37.0 Å². The zero-order valence-corrected chi connectivity index (χ0v) is 32.3. The van der Waals surface area contributed by atoms with Gasteiger partial charge in [-0.3, -0.25) is 4.79 Å². The van der Waals surface area contributed by atoms with Crippen molar-refractivity contribution >= 4 is 34.2 Å². The van der Waals surface area contributed by atoms with E-state index in [0.717, 1.165) is 35.0 Å². The molecule has 0 amide bonds. The zero-order chi connectivity index (χ0) is 32.2. The molecule has 0 atom stereocenters. The van der Waals surface area contributed by atoms with E-state index in [0.29, 0.717) is 5.56 Å². The second-order valence-electron chi connectivity index (χ2n) is 13.7. The van der Waals surface area contributed by atoms with Crippen molar-refractivity contribution in [2.45, 2.75) is 78.6 Å². The van der Waals surface area contributed by atoms with Gasteiger partial charge in [-0.25, -0.2) is 0 Å². The van der Waals surface area contributed by atoms with Gasteiger partial charge in [0.1, 0.15) is 5.76 Å². The predicted molar refractivity (Wildman–Crippen MR) is 183 cm³/mol. The Hall–Kier alpha value is -2.60. The van der Waals surface area contributed by atoms with Crippen LogP contribution in [0.3, 0.4) is 0 Å². The maximum Gasteiger partial charge on any atom is 0 e. The molecule has 0 aliphatic rings. The van der Waals surface area contributed by atoms with Gasteiger partial charge in [0.05, 0.1) is 0 Å². The number of pyridine rings is 1. The van der Waals surface area contributed by atoms with Gasteiger partial charge >= 0.3 is 163 Å². The number of benzene rings is 3. The predicted octanol–water partition coefficient (Wildman–Crippen LogP) is 10.2. The summed E-state index contributed by atoms with van der Waals surface area (Å²) < 4.78 is 16.0. The maximum absolute atomic E-state index is 14.9. The van der Waals surface area contributed by atoms with Crippen molar-refractivity contribution in [3.05, 3.63) is 96.1 Å². The van der Waals surface area contributed by atoms with Crippen LogP contribution in [0.15, 0.2) is 78.7 Å². The zero-order valence-electron chi connectivity index (χ0n) is 27.9. The number of nitrogens with zero attached hydrogens (tertiary/aromatic N) is 1. The third-order valence-corrected chi connectivity index (χ3v) is 12.8. The number of fused-ring (bicyclic) bond motifs is 1. The summed E-state index contributed by atoms with van der Waals surface area (Å²) in [5.74, 6) is 6.86. The first kappa shape index (κ1) is 37.6. The largest absolute Gasteiger partial charge is 0 e. The molecule has 1 heterocycles. The Morgan fingerprint density at radius 3 is 2.18 bits per heavy atom. The number of rotatable bonds is 8. The van der Waals surface area contributed by atoms with Crippen molar-refractivity contribution in [2.24, 2.45) is 10.8 Å². The maximum atomic E-state index is 14.9. The summed E-state index contributed by atoms with van der Waals surface area (Å²) in [6, 6.07) is 23.3. The molecule has 6 heteroatoms. The second kappa shape index (κ2) is 15.1. The standard InChI is InChI=1S/C25H23FGeN.C13H24O2.Ir/c1-17-13-20(14-18-7-5-6-8-22(17)18)25-15-19(11-12-28-25)23-10-9-21(16-24(23)26)27(2,3)4;1-7-12(3,4)10(14)9-11(15)13(5,6)8-2;/h5-13,15-16H,1-4H3;9,14H,7-8H2,1-6H3;/q-1;;/b;10-9-;. The van der Waals surface area contributed by atoms with E-state index in [4.69, 9.17) is 0 Å². The molecule has 0 saturated carbocycles. The first-order valence-electron chi connectivity index (χ1n) is 15.1. The molecule has 3 nitrogen and oxygen atoms in total. The number of carbonyl (C=O) groups is 1. The molecule has 3 aromatic carbocycles. The molecule has 0 aliphatic heterocycles. The van der Waals surface area contributed by atoms with Crippen LogP contribution in [0.1, 0.15) is 59.9 Å². The molecule has 44 heavy (non-hydrogen) atoms. The van der Waals surface area contributed by atoms with Crippen LogP contribution in [-0.2, 0) is 24.9 Å². The van der Waals surface area contributed by atoms with Crippen molar-refractivity contribution in [3.63, 3.8) is 0 Å². The number of carbonyl (C=O) groups excluding carboxylic acids is 1. The first-order valence-corrected chi connectivity index (χ1v) is 22.5. The van der Waals surface area contributed by atoms with Gasteiger partial charge in [0.2, 0.25) is 0 Å². The number of hydrogen-bond acceptors (Lipinski definition) is 3. The topological polar surface area (TPSA) is 50.2 Å². The molecule has 4 rings (SSSR count). The molecular weight excluding hydrogens is 786 g/mol. The van der Waals surface area contributed by atoms with Gasteiger partial charge in [-0.2, -0.15) is 0 Å². The summed E-state index contributed by atoms with van der Waals surface area (Å²) in [5, 5.41) is 12.1. The van der Waals surface area contributed by atoms with Crippen molar-refractivity contribution in [1.82, 2.24) is 4.98 Å². The molecule has 0 spiro atoms. The molecule has 4 aromatic rings. The fourth-order valence-electron chi connectivity index (χ4n) is 4.38. The fraction of sp³-hybridized carbons (Fsp3) is 0.368. The number of halogens is 1. The van der Waals surface area contributed by atoms with Crippen LogP contribution in [-0.4, -0.2) is 29.1 Å². The minimum Gasteiger partial charge on any atom is 0 e. The molecule has 0 bridgehead atoms. The van der Waals surface area contributed by atoms with Crippen LogP contribution in [0.2, 0.25) is 17.3 Å². The van der Waals surface area contributed by atoms with E-state index in [1.807, 2.05) is 71.9 Å². The van der Waals surface area contributed by atoms with E-state index in [2.05, 4.69) is 59.5 Å². The Labute approximate surface area is 280 Å². The quantitative estimate of drug-likeness (QED) is 0.0833. The SMILES string of the molecule is CCC(C)(C)C(=O)/C=C(\O)C(C)(C)CC.Cc1cc(-c2cc(-c3cc[c]([Ge]([CH3])([CH3])[CH3])cc3F)ccn2)[c-]c2ccccc12.[Ir]. The summed E-state index contributed by atoms with van der Waals surface area (Å²) in [7, 11) is 0. The fourth-order valence-corrected chi connectivity index (χ4v) is 6.78. The average Bonchev–Trinajstić information content (AvgIpc) is 2.97. The first-order chi connectivity index (χ1) is 20.0. The summed E-state index contributed by atoms with van der Waals surface area (Å²) in [6.45, 7) is 13.7. The molecule has 237 valence electrons. The molecule has 1 radical (unpaired) electrons. The Kier molecular flexibility index (Phi) is 12.9. The second-order valence-corrected chi connectivity index (χ2v) is 24.3. The van der Waals surface area contributed by atoms with Crippen LogP contribution in [0.4, 0.5) is 4.39 Å². The summed E-state index contributed by atoms with van der Waals surface area (Å²) >= 11 is -2.05. The van der Waals surface area contributed by atoms with Gasteiger partial charge in [-0.05, 0) is 12.8 Å². The van der Waals surface area contributed by atoms with E-state index >= 15 is 0 Å². The number of ketones is 1. The third-order valence-electron chi connectivity index (χ3n) is 8.56. The van der Waals surface area contributed by atoms with E-state index in [1.165, 1.54) is 21.4 Å². The van der Waals surface area contributed by atoms with Gasteiger partial charge in [-0.1, -0.05) is 47.6 Å². The van der Waals surface area contributed by atoms with Gasteiger partial charge < -0.3 is 5.11 Å². The molecule has 1 N–H and O–H groups in total. The summed E-state index contributed by atoms with van der Waals surface area (Å²) in [4.78, 5) is 16.4. The van der Waals surface area contributed by atoms with Crippen molar-refractivity contribution in [3.8, 4) is 22.4 Å². The van der Waals surface area contributed by atoms with E-state index in [-0.39, 0.29) is 48.3 Å². The van der Waals surface area contributed by atoms with Crippen molar-refractivity contribution in [1.29, 1.82) is 0 Å². The Balaban J connectivity index is 0.000000363. The third kappa shape index (κ3) is 9.22. The monoisotopic (exact) mass is 835 g/mol. The molecule has 0 unspecified atom stereocenters. The van der Waals surface area contributed by atoms with Crippen LogP contribution in [0.5, 0.6) is 0 Å². The molecule has 0 aliphatic carbocycles. The normalized spacial score (nSPS) is 12.3. The Morgan fingerprint density at radius 1 is 0.955 bits per heavy atom. The van der Waals surface area contributed by atoms with E-state index < -0.39 is 13.3 Å². The molecule has 0 fully saturated rings. The minimum absolute atomic E-state index is 0. The van der Waals surface area contributed by atoms with Crippen LogP contribution >= 0.6 is 0 Å². The van der Waals surface area contributed by atoms with Crippen LogP contribution < -0.4 is 4.40 Å². The number of aromatic nitrogens is 1. The van der Waals surface area contributed by atoms with Crippen LogP contribution in [0, 0.1) is 29.6 Å². The Bertz CT molecular complexity index is 1640. The van der Waals surface area contributed by atoms with Crippen molar-refractivity contribution < 1.29 is 34.4 Å². The summed E-state index contributed by atoms with van der Waals surface area (Å²) in [5.41, 5.74) is 3.70. The smallest absolute Gasteiger partial charge is 0 e. The average molecular weight is 834 g/mol. The van der Waals surface area contributed by atoms with Gasteiger partial charge in [0.25, 0.3) is 0 Å². The number of aliphatic hydroxyl groups excluding tert-OH is 1. The molecule has 0 saturated heterocycles. The molecular formula is C38H47FGeIrNO2-. The van der Waals surface area contributed by atoms with E-state index in [1.54, 1.807) is 12.3 Å². The van der Waals surface area contributed by atoms with Crippen LogP contribution in [0.25, 0.3) is 33.2 Å². The minimum atomic E-state index is -2.05. The van der Waals surface area contributed by atoms with Gasteiger partial charge in [0.15, 0.2) is 5.78 Å². The number of aliphatic hydroxyl groups is 1. The van der Waals surface area contributed by atoms with Crippen molar-refractivity contribution in [2.75, 3.05) is 0 Å². The number of hydrogen-bond donors (Lipinski definition) is 1. The number of allylic oxidation sites excluding steroid dienone is 2. The molecule has 1 aromatic heterocycles.